The average molecular weight is 472 g/mol. The van der Waals surface area contributed by atoms with Gasteiger partial charge in [0.1, 0.15) is 13.7 Å². The minimum absolute atomic E-state index is 0.0795. The van der Waals surface area contributed by atoms with E-state index in [-0.39, 0.29) is 5.91 Å². The zero-order chi connectivity index (χ0) is 24.6. The molecule has 0 atom stereocenters. The Balaban J connectivity index is 1.26. The molecule has 2 radical (unpaired) electrons. The largest absolute Gasteiger partial charge is 0.355 e. The summed E-state index contributed by atoms with van der Waals surface area (Å²) in [7, 11) is 6.06. The van der Waals surface area contributed by atoms with Crippen LogP contribution in [0.2, 0.25) is 0 Å². The molecule has 2 heterocycles. The third-order valence-electron chi connectivity index (χ3n) is 6.17. The SMILES string of the molecule is [B]c1cnc(Nc2ccc(CCC(=O)NCCN(CC)CC)cc2)nc1Nc1cc(C2CC2)[nH]n1. The van der Waals surface area contributed by atoms with Crippen molar-refractivity contribution < 1.29 is 4.79 Å². The molecule has 9 nitrogen and oxygen atoms in total. The number of carbonyl (C=O) groups is 1. The first kappa shape index (κ1) is 24.7. The minimum atomic E-state index is 0.0795. The molecule has 0 saturated heterocycles. The van der Waals surface area contributed by atoms with Gasteiger partial charge in [-0.25, -0.2) is 4.98 Å². The lowest BCUT2D eigenvalue weighted by Gasteiger charge is -2.17. The second-order valence-corrected chi connectivity index (χ2v) is 8.80. The molecule has 4 rings (SSSR count). The molecule has 1 aliphatic carbocycles. The van der Waals surface area contributed by atoms with Gasteiger partial charge in [-0.15, -0.1) is 0 Å². The molecule has 1 aromatic carbocycles. The highest BCUT2D eigenvalue weighted by Gasteiger charge is 2.25. The van der Waals surface area contributed by atoms with E-state index in [1.54, 1.807) is 6.20 Å². The van der Waals surface area contributed by atoms with Crippen molar-refractivity contribution in [2.24, 2.45) is 0 Å². The van der Waals surface area contributed by atoms with Crippen LogP contribution < -0.4 is 21.4 Å². The van der Waals surface area contributed by atoms with Gasteiger partial charge in [-0.2, -0.15) is 10.1 Å². The zero-order valence-electron chi connectivity index (χ0n) is 20.5. The number of hydrogen-bond donors (Lipinski definition) is 4. The van der Waals surface area contributed by atoms with Gasteiger partial charge in [-0.1, -0.05) is 26.0 Å². The number of aromatic nitrogens is 4. The molecular weight excluding hydrogens is 439 g/mol. The number of nitrogens with one attached hydrogen (secondary N) is 4. The maximum Gasteiger partial charge on any atom is 0.229 e. The summed E-state index contributed by atoms with van der Waals surface area (Å²) >= 11 is 0. The van der Waals surface area contributed by atoms with Crippen LogP contribution in [0.15, 0.2) is 36.5 Å². The highest BCUT2D eigenvalue weighted by molar-refractivity contribution is 6.35. The average Bonchev–Trinajstić information content (AvgIpc) is 3.62. The summed E-state index contributed by atoms with van der Waals surface area (Å²) in [5, 5.41) is 16.7. The molecule has 1 aliphatic rings. The summed E-state index contributed by atoms with van der Waals surface area (Å²) in [4.78, 5) is 23.2. The van der Waals surface area contributed by atoms with Crippen LogP contribution in [-0.2, 0) is 11.2 Å². The summed E-state index contributed by atoms with van der Waals surface area (Å²) in [6.45, 7) is 7.82. The van der Waals surface area contributed by atoms with E-state index in [9.17, 15) is 4.79 Å². The van der Waals surface area contributed by atoms with E-state index in [2.05, 4.69) is 54.9 Å². The number of benzene rings is 1. The number of carbonyl (C=O) groups excluding carboxylic acids is 1. The van der Waals surface area contributed by atoms with E-state index >= 15 is 0 Å². The van der Waals surface area contributed by atoms with Gasteiger partial charge in [0.15, 0.2) is 5.82 Å². The Labute approximate surface area is 207 Å². The molecule has 0 spiro atoms. The third-order valence-corrected chi connectivity index (χ3v) is 6.17. The molecule has 0 unspecified atom stereocenters. The van der Waals surface area contributed by atoms with Crippen LogP contribution in [0.1, 0.15) is 50.3 Å². The Morgan fingerprint density at radius 2 is 1.94 bits per heavy atom. The van der Waals surface area contributed by atoms with Crippen LogP contribution in [0, 0.1) is 0 Å². The van der Waals surface area contributed by atoms with Gasteiger partial charge in [0.25, 0.3) is 0 Å². The fraction of sp³-hybridized carbons (Fsp3) is 0.440. The number of nitrogens with zero attached hydrogens (tertiary/aromatic N) is 4. The molecule has 1 fully saturated rings. The van der Waals surface area contributed by atoms with Crippen molar-refractivity contribution in [3.05, 3.63) is 47.8 Å². The van der Waals surface area contributed by atoms with Gasteiger partial charge in [0.2, 0.25) is 11.9 Å². The number of rotatable bonds is 13. The van der Waals surface area contributed by atoms with Crippen molar-refractivity contribution in [1.29, 1.82) is 0 Å². The monoisotopic (exact) mass is 472 g/mol. The van der Waals surface area contributed by atoms with Crippen LogP contribution in [0.3, 0.4) is 0 Å². The Morgan fingerprint density at radius 1 is 1.17 bits per heavy atom. The lowest BCUT2D eigenvalue weighted by Crippen LogP contribution is -2.34. The van der Waals surface area contributed by atoms with E-state index in [0.29, 0.717) is 48.4 Å². The topological polar surface area (TPSA) is 111 Å². The van der Waals surface area contributed by atoms with Crippen molar-refractivity contribution in [2.45, 2.75) is 45.4 Å². The summed E-state index contributed by atoms with van der Waals surface area (Å²) in [5.41, 5.74) is 3.52. The van der Waals surface area contributed by atoms with Gasteiger partial charge < -0.3 is 20.9 Å². The predicted molar refractivity (Wildman–Crippen MR) is 140 cm³/mol. The number of likely N-dealkylation sites (N-methyl/N-ethyl adjacent to an activating group) is 1. The van der Waals surface area contributed by atoms with E-state index in [1.807, 2.05) is 30.3 Å². The van der Waals surface area contributed by atoms with E-state index < -0.39 is 0 Å². The fourth-order valence-corrected chi connectivity index (χ4v) is 3.80. The van der Waals surface area contributed by atoms with Crippen molar-refractivity contribution in [2.75, 3.05) is 36.8 Å². The molecule has 3 aromatic rings. The molecule has 0 aliphatic heterocycles. The molecule has 0 bridgehead atoms. The minimum Gasteiger partial charge on any atom is -0.355 e. The second-order valence-electron chi connectivity index (χ2n) is 8.80. The second kappa shape index (κ2) is 11.8. The van der Waals surface area contributed by atoms with Crippen LogP contribution in [-0.4, -0.2) is 65.0 Å². The first-order valence-corrected chi connectivity index (χ1v) is 12.3. The van der Waals surface area contributed by atoms with Gasteiger partial charge in [-0.3, -0.25) is 9.89 Å². The van der Waals surface area contributed by atoms with Gasteiger partial charge in [0.05, 0.1) is 0 Å². The van der Waals surface area contributed by atoms with Crippen molar-refractivity contribution in [3.8, 4) is 0 Å². The van der Waals surface area contributed by atoms with E-state index in [0.717, 1.165) is 36.6 Å². The Morgan fingerprint density at radius 3 is 2.66 bits per heavy atom. The van der Waals surface area contributed by atoms with Crippen LogP contribution in [0.25, 0.3) is 0 Å². The number of aromatic amines is 1. The first-order valence-electron chi connectivity index (χ1n) is 12.3. The molecule has 182 valence electrons. The quantitative estimate of drug-likeness (QED) is 0.283. The maximum absolute atomic E-state index is 12.1. The Bertz CT molecular complexity index is 1110. The number of aryl methyl sites for hydroxylation is 1. The van der Waals surface area contributed by atoms with E-state index in [1.165, 1.54) is 12.8 Å². The van der Waals surface area contributed by atoms with Crippen molar-refractivity contribution in [3.63, 3.8) is 0 Å². The number of H-pyrrole nitrogens is 1. The third kappa shape index (κ3) is 7.29. The molecule has 1 saturated carbocycles. The lowest BCUT2D eigenvalue weighted by molar-refractivity contribution is -0.121. The van der Waals surface area contributed by atoms with Gasteiger partial charge >= 0.3 is 0 Å². The Hall–Kier alpha value is -3.40. The smallest absolute Gasteiger partial charge is 0.229 e. The number of amides is 1. The fourth-order valence-electron chi connectivity index (χ4n) is 3.80. The Kier molecular flexibility index (Phi) is 8.36. The summed E-state index contributed by atoms with van der Waals surface area (Å²) in [6.07, 6.45) is 5.13. The molecule has 4 N–H and O–H groups in total. The van der Waals surface area contributed by atoms with Crippen molar-refractivity contribution in [1.82, 2.24) is 30.4 Å². The van der Waals surface area contributed by atoms with Gasteiger partial charge in [-0.05, 0) is 55.5 Å². The normalized spacial score (nSPS) is 13.1. The summed E-state index contributed by atoms with van der Waals surface area (Å²) < 4.78 is 0. The molecule has 35 heavy (non-hydrogen) atoms. The standard InChI is InChI=1S/C25H33BN8O/c1-3-34(4-2)14-13-27-23(35)12-7-17-5-10-19(11-6-17)29-25-28-16-20(26)24(31-25)30-22-15-21(32-33-22)18-8-9-18/h5-6,10-11,15-16,18H,3-4,7-9,12-14H2,1-2H3,(H,27,35)(H3,28,29,30,31,32,33). The van der Waals surface area contributed by atoms with E-state index in [4.69, 9.17) is 7.85 Å². The van der Waals surface area contributed by atoms with Crippen LogP contribution in [0.5, 0.6) is 0 Å². The predicted octanol–water partition coefficient (Wildman–Crippen LogP) is 2.75. The first-order chi connectivity index (χ1) is 17.0. The maximum atomic E-state index is 12.1. The molecule has 1 amide bonds. The number of hydrogen-bond acceptors (Lipinski definition) is 7. The lowest BCUT2D eigenvalue weighted by atomic mass is 9.99. The molecule has 10 heteroatoms. The van der Waals surface area contributed by atoms with Crippen LogP contribution in [0.4, 0.5) is 23.3 Å². The number of anilines is 4. The van der Waals surface area contributed by atoms with Crippen molar-refractivity contribution >= 4 is 42.5 Å². The zero-order valence-corrected chi connectivity index (χ0v) is 20.5. The molecular formula is C25H33BN8O. The summed E-state index contributed by atoms with van der Waals surface area (Å²) in [5.74, 6) is 2.29. The van der Waals surface area contributed by atoms with Crippen LogP contribution >= 0.6 is 0 Å². The highest BCUT2D eigenvalue weighted by atomic mass is 16.1. The highest BCUT2D eigenvalue weighted by Crippen LogP contribution is 2.39. The molecule has 2 aromatic heterocycles. The van der Waals surface area contributed by atoms with Gasteiger partial charge in [0, 0.05) is 49.1 Å². The summed E-state index contributed by atoms with van der Waals surface area (Å²) in [6, 6.07) is 9.92.